The maximum atomic E-state index is 9.55. The molecule has 0 fully saturated rings. The van der Waals surface area contributed by atoms with Crippen molar-refractivity contribution in [2.75, 3.05) is 0 Å². The van der Waals surface area contributed by atoms with Gasteiger partial charge in [0, 0.05) is 18.2 Å². The van der Waals surface area contributed by atoms with E-state index in [1.54, 1.807) is 0 Å². The van der Waals surface area contributed by atoms with E-state index in [-0.39, 0.29) is 6.04 Å². The lowest BCUT2D eigenvalue weighted by Crippen LogP contribution is -2.11. The first kappa shape index (κ1) is 20.9. The van der Waals surface area contributed by atoms with Gasteiger partial charge in [-0.2, -0.15) is 0 Å². The lowest BCUT2D eigenvalue weighted by molar-refractivity contribution is -0.134. The van der Waals surface area contributed by atoms with Crippen LogP contribution in [-0.4, -0.2) is 22.2 Å². The molecule has 0 radical (unpaired) electrons. The van der Waals surface area contributed by atoms with E-state index in [0.29, 0.717) is 12.2 Å². The number of rotatable bonds is 7. The van der Waals surface area contributed by atoms with Crippen LogP contribution in [0.15, 0.2) is 79.4 Å². The van der Waals surface area contributed by atoms with E-state index in [0.717, 1.165) is 12.8 Å². The quantitative estimate of drug-likeness (QED) is 0.522. The Labute approximate surface area is 153 Å². The number of carbonyl (C=O) groups is 2. The molecule has 1 atom stereocenters. The SMILES string of the molecule is C=CCC(N)c1ccccc1Cc1ccccc1.O=C(O)/C=C/C(=O)O. The molecule has 0 aromatic heterocycles. The number of hydrogen-bond acceptors (Lipinski definition) is 3. The monoisotopic (exact) mass is 353 g/mol. The second-order valence-corrected chi connectivity index (χ2v) is 5.50. The molecule has 0 amide bonds. The van der Waals surface area contributed by atoms with Crippen molar-refractivity contribution in [3.8, 4) is 0 Å². The van der Waals surface area contributed by atoms with Gasteiger partial charge in [-0.25, -0.2) is 9.59 Å². The largest absolute Gasteiger partial charge is 0.478 e. The Balaban J connectivity index is 0.000000359. The molecule has 0 aliphatic carbocycles. The fourth-order valence-corrected chi connectivity index (χ4v) is 2.32. The van der Waals surface area contributed by atoms with Gasteiger partial charge in [-0.3, -0.25) is 0 Å². The molecular weight excluding hydrogens is 330 g/mol. The average molecular weight is 353 g/mol. The highest BCUT2D eigenvalue weighted by Gasteiger charge is 2.09. The van der Waals surface area contributed by atoms with Gasteiger partial charge in [0.25, 0.3) is 0 Å². The summed E-state index contributed by atoms with van der Waals surface area (Å²) in [5.41, 5.74) is 10.0. The maximum Gasteiger partial charge on any atom is 0.328 e. The van der Waals surface area contributed by atoms with Crippen LogP contribution < -0.4 is 5.73 Å². The average Bonchev–Trinajstić information content (AvgIpc) is 2.62. The predicted octanol–water partition coefficient (Wildman–Crippen LogP) is 3.57. The van der Waals surface area contributed by atoms with Gasteiger partial charge >= 0.3 is 11.9 Å². The highest BCUT2D eigenvalue weighted by Crippen LogP contribution is 2.21. The minimum atomic E-state index is -1.26. The summed E-state index contributed by atoms with van der Waals surface area (Å²) in [7, 11) is 0. The maximum absolute atomic E-state index is 9.55. The molecule has 136 valence electrons. The van der Waals surface area contributed by atoms with Gasteiger partial charge < -0.3 is 15.9 Å². The second-order valence-electron chi connectivity index (χ2n) is 5.50. The Hall–Kier alpha value is -3.18. The number of hydrogen-bond donors (Lipinski definition) is 3. The molecule has 5 nitrogen and oxygen atoms in total. The zero-order valence-electron chi connectivity index (χ0n) is 14.4. The van der Waals surface area contributed by atoms with E-state index in [1.807, 2.05) is 18.2 Å². The van der Waals surface area contributed by atoms with Crippen molar-refractivity contribution in [1.82, 2.24) is 0 Å². The van der Waals surface area contributed by atoms with Gasteiger partial charge in [0.2, 0.25) is 0 Å². The summed E-state index contributed by atoms with van der Waals surface area (Å²) in [6.45, 7) is 3.76. The highest BCUT2D eigenvalue weighted by molar-refractivity contribution is 5.89. The van der Waals surface area contributed by atoms with Crippen molar-refractivity contribution in [1.29, 1.82) is 0 Å². The fraction of sp³-hybridized carbons (Fsp3) is 0.143. The Morgan fingerprint density at radius 3 is 2.04 bits per heavy atom. The van der Waals surface area contributed by atoms with E-state index in [1.165, 1.54) is 16.7 Å². The smallest absolute Gasteiger partial charge is 0.328 e. The lowest BCUT2D eigenvalue weighted by Gasteiger charge is -2.15. The van der Waals surface area contributed by atoms with Gasteiger partial charge in [0.1, 0.15) is 0 Å². The topological polar surface area (TPSA) is 101 Å². The summed E-state index contributed by atoms with van der Waals surface area (Å²) in [5.74, 6) is -2.51. The number of carboxylic acid groups (broad SMARTS) is 2. The van der Waals surface area contributed by atoms with Crippen molar-refractivity contribution in [2.24, 2.45) is 5.73 Å². The molecule has 1 unspecified atom stereocenters. The Morgan fingerprint density at radius 1 is 0.962 bits per heavy atom. The Kier molecular flexibility index (Phi) is 9.14. The van der Waals surface area contributed by atoms with Crippen LogP contribution in [0.5, 0.6) is 0 Å². The summed E-state index contributed by atoms with van der Waals surface area (Å²) >= 11 is 0. The standard InChI is InChI=1S/C17H19N.C4H4O4/c1-2-8-17(18)16-12-7-6-11-15(16)13-14-9-4-3-5-10-14;5-3(6)1-2-4(7)8/h2-7,9-12,17H,1,8,13,18H2;1-2H,(H,5,6)(H,7,8)/b;2-1+. The predicted molar refractivity (Wildman–Crippen MR) is 102 cm³/mol. The first-order chi connectivity index (χ1) is 12.4. The van der Waals surface area contributed by atoms with Gasteiger partial charge in [-0.05, 0) is 29.5 Å². The highest BCUT2D eigenvalue weighted by atomic mass is 16.4. The van der Waals surface area contributed by atoms with E-state index >= 15 is 0 Å². The van der Waals surface area contributed by atoms with Crippen LogP contribution in [0.4, 0.5) is 0 Å². The van der Waals surface area contributed by atoms with Crippen molar-refractivity contribution in [3.63, 3.8) is 0 Å². The summed E-state index contributed by atoms with van der Waals surface area (Å²) in [5, 5.41) is 15.6. The van der Waals surface area contributed by atoms with Gasteiger partial charge in [0.05, 0.1) is 0 Å². The molecule has 0 heterocycles. The van der Waals surface area contributed by atoms with Gasteiger partial charge in [-0.1, -0.05) is 60.7 Å². The zero-order chi connectivity index (χ0) is 19.4. The van der Waals surface area contributed by atoms with Crippen LogP contribution in [0.3, 0.4) is 0 Å². The first-order valence-electron chi connectivity index (χ1n) is 8.06. The van der Waals surface area contributed by atoms with Gasteiger partial charge in [0.15, 0.2) is 0 Å². The molecule has 2 rings (SSSR count). The minimum absolute atomic E-state index is 0.0439. The van der Waals surface area contributed by atoms with Crippen LogP contribution in [0, 0.1) is 0 Å². The summed E-state index contributed by atoms with van der Waals surface area (Å²) < 4.78 is 0. The summed E-state index contributed by atoms with van der Waals surface area (Å²) in [4.78, 5) is 19.1. The first-order valence-corrected chi connectivity index (χ1v) is 8.06. The molecule has 0 spiro atoms. The Bertz CT molecular complexity index is 738. The lowest BCUT2D eigenvalue weighted by atomic mass is 9.94. The summed E-state index contributed by atoms with van der Waals surface area (Å²) in [6.07, 6.45) is 4.74. The third-order valence-electron chi connectivity index (χ3n) is 3.48. The molecule has 2 aromatic rings. The van der Waals surface area contributed by atoms with Crippen LogP contribution in [0.25, 0.3) is 0 Å². The van der Waals surface area contributed by atoms with E-state index < -0.39 is 11.9 Å². The second kappa shape index (κ2) is 11.4. The molecule has 5 heteroatoms. The van der Waals surface area contributed by atoms with Crippen molar-refractivity contribution >= 4 is 11.9 Å². The number of carboxylic acids is 2. The molecule has 26 heavy (non-hydrogen) atoms. The zero-order valence-corrected chi connectivity index (χ0v) is 14.4. The van der Waals surface area contributed by atoms with E-state index in [4.69, 9.17) is 15.9 Å². The van der Waals surface area contributed by atoms with Gasteiger partial charge in [-0.15, -0.1) is 6.58 Å². The minimum Gasteiger partial charge on any atom is -0.478 e. The van der Waals surface area contributed by atoms with Crippen LogP contribution in [-0.2, 0) is 16.0 Å². The van der Waals surface area contributed by atoms with Crippen molar-refractivity contribution in [2.45, 2.75) is 18.9 Å². The molecule has 0 aliphatic heterocycles. The molecule has 0 saturated heterocycles. The molecule has 0 bridgehead atoms. The molecule has 2 aromatic carbocycles. The normalized spacial score (nSPS) is 11.3. The van der Waals surface area contributed by atoms with Crippen molar-refractivity contribution < 1.29 is 19.8 Å². The molecular formula is C21H23NO4. The molecule has 4 N–H and O–H groups in total. The third-order valence-corrected chi connectivity index (χ3v) is 3.48. The Morgan fingerprint density at radius 2 is 1.50 bits per heavy atom. The molecule has 0 aliphatic rings. The third kappa shape index (κ3) is 8.08. The van der Waals surface area contributed by atoms with Crippen LogP contribution in [0.2, 0.25) is 0 Å². The van der Waals surface area contributed by atoms with Crippen LogP contribution in [0.1, 0.15) is 29.2 Å². The van der Waals surface area contributed by atoms with E-state index in [9.17, 15) is 9.59 Å². The molecule has 0 saturated carbocycles. The number of nitrogens with two attached hydrogens (primary N) is 1. The number of benzene rings is 2. The fourth-order valence-electron chi connectivity index (χ4n) is 2.32. The van der Waals surface area contributed by atoms with E-state index in [2.05, 4.69) is 49.0 Å². The number of aliphatic carboxylic acids is 2. The van der Waals surface area contributed by atoms with Crippen LogP contribution >= 0.6 is 0 Å². The van der Waals surface area contributed by atoms with Crippen molar-refractivity contribution in [3.05, 3.63) is 96.1 Å². The summed E-state index contributed by atoms with van der Waals surface area (Å²) in [6, 6.07) is 18.9.